The summed E-state index contributed by atoms with van der Waals surface area (Å²) in [4.78, 5) is 14.7. The third-order valence-electron chi connectivity index (χ3n) is 5.00. The van der Waals surface area contributed by atoms with Crippen molar-refractivity contribution in [1.29, 1.82) is 0 Å². The largest absolute Gasteiger partial charge is 0.398 e. The van der Waals surface area contributed by atoms with Crippen LogP contribution in [0.2, 0.25) is 0 Å². The lowest BCUT2D eigenvalue weighted by Gasteiger charge is -2.34. The van der Waals surface area contributed by atoms with Crippen molar-refractivity contribution < 1.29 is 9.18 Å². The zero-order valence-corrected chi connectivity index (χ0v) is 12.4. The molecule has 3 rings (SSSR count). The normalized spacial score (nSPS) is 23.5. The minimum atomic E-state index is -0.394. The zero-order valence-electron chi connectivity index (χ0n) is 12.4. The molecule has 0 bridgehead atoms. The highest BCUT2D eigenvalue weighted by Gasteiger charge is 2.35. The van der Waals surface area contributed by atoms with Gasteiger partial charge < -0.3 is 10.6 Å². The highest BCUT2D eigenvalue weighted by atomic mass is 19.1. The summed E-state index contributed by atoms with van der Waals surface area (Å²) in [5, 5.41) is 0. The van der Waals surface area contributed by atoms with Crippen LogP contribution >= 0.6 is 0 Å². The fourth-order valence-corrected chi connectivity index (χ4v) is 3.94. The van der Waals surface area contributed by atoms with Crippen LogP contribution in [0.1, 0.15) is 55.3 Å². The van der Waals surface area contributed by atoms with Crippen LogP contribution in [0.15, 0.2) is 18.2 Å². The lowest BCUT2D eigenvalue weighted by Crippen LogP contribution is -2.41. The van der Waals surface area contributed by atoms with Gasteiger partial charge >= 0.3 is 0 Å². The molecule has 21 heavy (non-hydrogen) atoms. The minimum absolute atomic E-state index is 0.0272. The highest BCUT2D eigenvalue weighted by Crippen LogP contribution is 2.35. The summed E-state index contributed by atoms with van der Waals surface area (Å²) in [5.74, 6) is 0.210. The second kappa shape index (κ2) is 6.04. The van der Waals surface area contributed by atoms with Crippen molar-refractivity contribution in [3.8, 4) is 0 Å². The lowest BCUT2D eigenvalue weighted by atomic mass is 9.83. The Balaban J connectivity index is 1.79. The Morgan fingerprint density at radius 3 is 2.62 bits per heavy atom. The van der Waals surface area contributed by atoms with Crippen molar-refractivity contribution in [2.75, 3.05) is 12.3 Å². The number of halogens is 1. The number of hydrogen-bond donors (Lipinski definition) is 1. The number of carbonyl (C=O) groups excluding carboxylic acids is 1. The van der Waals surface area contributed by atoms with Crippen LogP contribution in [0.4, 0.5) is 10.1 Å². The molecule has 3 nitrogen and oxygen atoms in total. The Kier molecular flexibility index (Phi) is 4.13. The van der Waals surface area contributed by atoms with E-state index in [-0.39, 0.29) is 11.6 Å². The van der Waals surface area contributed by atoms with Gasteiger partial charge in [-0.05, 0) is 49.8 Å². The van der Waals surface area contributed by atoms with Gasteiger partial charge in [-0.3, -0.25) is 4.79 Å². The fraction of sp³-hybridized carbons (Fsp3) is 0.588. The second-order valence-corrected chi connectivity index (χ2v) is 6.34. The van der Waals surface area contributed by atoms with Gasteiger partial charge in [0.15, 0.2) is 0 Å². The molecule has 2 aliphatic rings. The Labute approximate surface area is 125 Å². The predicted octanol–water partition coefficient (Wildman–Crippen LogP) is 3.59. The third kappa shape index (κ3) is 2.89. The average molecular weight is 290 g/mol. The van der Waals surface area contributed by atoms with Gasteiger partial charge in [-0.25, -0.2) is 4.39 Å². The molecule has 0 aromatic heterocycles. The molecule has 1 saturated carbocycles. The van der Waals surface area contributed by atoms with E-state index in [1.54, 1.807) is 0 Å². The molecule has 2 N–H and O–H groups in total. The number of likely N-dealkylation sites (tertiary alicyclic amines) is 1. The molecule has 114 valence electrons. The number of carbonyl (C=O) groups is 1. The standard InChI is InChI=1S/C17H23FN2O/c18-13-8-9-14(15(19)11-13)17(21)20-10-4-7-16(20)12-5-2-1-3-6-12/h8-9,11-12,16H,1-7,10,19H2. The highest BCUT2D eigenvalue weighted by molar-refractivity contribution is 5.99. The van der Waals surface area contributed by atoms with E-state index in [1.165, 1.54) is 50.3 Å². The molecule has 1 saturated heterocycles. The quantitative estimate of drug-likeness (QED) is 0.846. The molecule has 1 aromatic rings. The topological polar surface area (TPSA) is 46.3 Å². The van der Waals surface area contributed by atoms with E-state index in [9.17, 15) is 9.18 Å². The third-order valence-corrected chi connectivity index (χ3v) is 5.00. The molecule has 0 spiro atoms. The van der Waals surface area contributed by atoms with Gasteiger partial charge in [0.2, 0.25) is 0 Å². The van der Waals surface area contributed by atoms with Gasteiger partial charge in [-0.2, -0.15) is 0 Å². The Bertz CT molecular complexity index is 526. The second-order valence-electron chi connectivity index (χ2n) is 6.34. The molecular formula is C17H23FN2O. The Morgan fingerprint density at radius 1 is 1.14 bits per heavy atom. The van der Waals surface area contributed by atoms with Gasteiger partial charge in [0.25, 0.3) is 5.91 Å². The number of rotatable bonds is 2. The van der Waals surface area contributed by atoms with Crippen LogP contribution in [-0.2, 0) is 0 Å². The van der Waals surface area contributed by atoms with E-state index in [1.807, 2.05) is 4.90 Å². The molecule has 1 unspecified atom stereocenters. The molecule has 4 heteroatoms. The van der Waals surface area contributed by atoms with Crippen LogP contribution in [-0.4, -0.2) is 23.4 Å². The first kappa shape index (κ1) is 14.4. The molecular weight excluding hydrogens is 267 g/mol. The van der Waals surface area contributed by atoms with Crippen LogP contribution in [0, 0.1) is 11.7 Å². The fourth-order valence-electron chi connectivity index (χ4n) is 3.94. The van der Waals surface area contributed by atoms with Crippen molar-refractivity contribution >= 4 is 11.6 Å². The minimum Gasteiger partial charge on any atom is -0.398 e. The maximum Gasteiger partial charge on any atom is 0.256 e. The van der Waals surface area contributed by atoms with Gasteiger partial charge in [0.1, 0.15) is 5.82 Å². The molecule has 1 aliphatic heterocycles. The number of nitrogens with two attached hydrogens (primary N) is 1. The molecule has 1 aliphatic carbocycles. The monoisotopic (exact) mass is 290 g/mol. The van der Waals surface area contributed by atoms with Crippen LogP contribution in [0.25, 0.3) is 0 Å². The molecule has 1 heterocycles. The first-order valence-corrected chi connectivity index (χ1v) is 8.03. The van der Waals surface area contributed by atoms with Gasteiger partial charge in [-0.1, -0.05) is 19.3 Å². The molecule has 0 radical (unpaired) electrons. The van der Waals surface area contributed by atoms with Crippen LogP contribution in [0.5, 0.6) is 0 Å². The number of anilines is 1. The number of hydrogen-bond acceptors (Lipinski definition) is 2. The smallest absolute Gasteiger partial charge is 0.256 e. The summed E-state index contributed by atoms with van der Waals surface area (Å²) in [7, 11) is 0. The van der Waals surface area contributed by atoms with E-state index in [0.29, 0.717) is 17.5 Å². The number of nitrogens with zero attached hydrogens (tertiary/aromatic N) is 1. The maximum absolute atomic E-state index is 13.2. The SMILES string of the molecule is Nc1cc(F)ccc1C(=O)N1CCCC1C1CCCCC1. The van der Waals surface area contributed by atoms with E-state index in [2.05, 4.69) is 0 Å². The maximum atomic E-state index is 13.2. The first-order chi connectivity index (χ1) is 10.2. The predicted molar refractivity (Wildman–Crippen MR) is 81.4 cm³/mol. The summed E-state index contributed by atoms with van der Waals surface area (Å²) in [6.45, 7) is 0.802. The molecule has 1 aromatic carbocycles. The zero-order chi connectivity index (χ0) is 14.8. The first-order valence-electron chi connectivity index (χ1n) is 8.03. The van der Waals surface area contributed by atoms with Crippen molar-refractivity contribution in [3.05, 3.63) is 29.6 Å². The number of amides is 1. The van der Waals surface area contributed by atoms with Gasteiger partial charge in [0.05, 0.1) is 5.56 Å². The summed E-state index contributed by atoms with van der Waals surface area (Å²) in [6, 6.07) is 4.42. The van der Waals surface area contributed by atoms with Gasteiger partial charge in [-0.15, -0.1) is 0 Å². The van der Waals surface area contributed by atoms with Crippen molar-refractivity contribution in [2.45, 2.75) is 51.0 Å². The summed E-state index contributed by atoms with van der Waals surface area (Å²) in [6.07, 6.45) is 8.50. The van der Waals surface area contributed by atoms with Crippen molar-refractivity contribution in [2.24, 2.45) is 5.92 Å². The van der Waals surface area contributed by atoms with Crippen molar-refractivity contribution in [1.82, 2.24) is 4.90 Å². The summed E-state index contributed by atoms with van der Waals surface area (Å²) < 4.78 is 13.2. The van der Waals surface area contributed by atoms with E-state index in [0.717, 1.165) is 19.4 Å². The lowest BCUT2D eigenvalue weighted by molar-refractivity contribution is 0.0662. The molecule has 1 atom stereocenters. The Morgan fingerprint density at radius 2 is 1.90 bits per heavy atom. The molecule has 1 amide bonds. The average Bonchev–Trinajstić information content (AvgIpc) is 2.97. The van der Waals surface area contributed by atoms with Crippen molar-refractivity contribution in [3.63, 3.8) is 0 Å². The Hall–Kier alpha value is -1.58. The van der Waals surface area contributed by atoms with E-state index in [4.69, 9.17) is 5.73 Å². The summed E-state index contributed by atoms with van der Waals surface area (Å²) in [5.41, 5.74) is 6.51. The van der Waals surface area contributed by atoms with E-state index >= 15 is 0 Å². The number of benzene rings is 1. The van der Waals surface area contributed by atoms with Crippen LogP contribution < -0.4 is 5.73 Å². The van der Waals surface area contributed by atoms with Crippen LogP contribution in [0.3, 0.4) is 0 Å². The van der Waals surface area contributed by atoms with Gasteiger partial charge in [0, 0.05) is 18.3 Å². The van der Waals surface area contributed by atoms with E-state index < -0.39 is 5.82 Å². The molecule has 2 fully saturated rings. The summed E-state index contributed by atoms with van der Waals surface area (Å²) >= 11 is 0. The number of nitrogen functional groups attached to an aromatic ring is 1.